The van der Waals surface area contributed by atoms with E-state index in [1.807, 2.05) is 18.2 Å². The summed E-state index contributed by atoms with van der Waals surface area (Å²) < 4.78 is 25.0. The van der Waals surface area contributed by atoms with Gasteiger partial charge < -0.3 is 14.6 Å². The molecule has 7 nitrogen and oxygen atoms in total. The van der Waals surface area contributed by atoms with Crippen LogP contribution in [0.3, 0.4) is 0 Å². The van der Waals surface area contributed by atoms with Gasteiger partial charge in [-0.15, -0.1) is 0 Å². The van der Waals surface area contributed by atoms with Crippen LogP contribution < -0.4 is 10.1 Å². The number of hydrogen-bond acceptors (Lipinski definition) is 7. The van der Waals surface area contributed by atoms with E-state index >= 15 is 0 Å². The van der Waals surface area contributed by atoms with Gasteiger partial charge in [-0.25, -0.2) is 9.37 Å². The number of aromatic nitrogens is 3. The minimum absolute atomic E-state index is 0.156. The van der Waals surface area contributed by atoms with Crippen molar-refractivity contribution >= 4 is 32.6 Å². The fourth-order valence-corrected chi connectivity index (χ4v) is 3.60. The molecule has 9 heteroatoms. The minimum Gasteiger partial charge on any atom is -0.497 e. The van der Waals surface area contributed by atoms with Gasteiger partial charge in [0.2, 0.25) is 17.6 Å². The summed E-state index contributed by atoms with van der Waals surface area (Å²) in [5, 5.41) is 7.15. The van der Waals surface area contributed by atoms with Crippen LogP contribution in [0, 0.1) is 12.7 Å². The summed E-state index contributed by atoms with van der Waals surface area (Å²) in [6, 6.07) is 10.3. The number of hydrogen-bond donors (Lipinski definition) is 1. The summed E-state index contributed by atoms with van der Waals surface area (Å²) in [6.45, 7) is 1.68. The molecule has 0 saturated heterocycles. The lowest BCUT2D eigenvalue weighted by atomic mass is 10.1. The van der Waals surface area contributed by atoms with Crippen molar-refractivity contribution in [1.82, 2.24) is 15.1 Å². The number of thiazole rings is 1. The monoisotopic (exact) mass is 412 g/mol. The van der Waals surface area contributed by atoms with Crippen LogP contribution in [0.1, 0.15) is 17.9 Å². The van der Waals surface area contributed by atoms with Crippen molar-refractivity contribution in [1.29, 1.82) is 0 Å². The first-order valence-electron chi connectivity index (χ1n) is 8.85. The molecule has 4 rings (SSSR count). The number of nitrogens with zero attached hydrogens (tertiary/aromatic N) is 3. The smallest absolute Gasteiger partial charge is 0.227 e. The highest BCUT2D eigenvalue weighted by Crippen LogP contribution is 2.29. The molecule has 0 aliphatic rings. The van der Waals surface area contributed by atoms with Gasteiger partial charge in [-0.05, 0) is 36.8 Å². The Morgan fingerprint density at radius 3 is 2.90 bits per heavy atom. The number of benzene rings is 2. The first-order chi connectivity index (χ1) is 14.0. The number of methoxy groups -OCH3 is 1. The molecule has 0 radical (unpaired) electrons. The molecule has 1 N–H and O–H groups in total. The number of anilines is 1. The van der Waals surface area contributed by atoms with Gasteiger partial charge in [-0.1, -0.05) is 28.6 Å². The molecule has 4 aromatic rings. The van der Waals surface area contributed by atoms with E-state index in [0.717, 1.165) is 16.0 Å². The molecule has 0 spiro atoms. The third-order valence-corrected chi connectivity index (χ3v) is 5.24. The molecule has 0 fully saturated rings. The highest BCUT2D eigenvalue weighted by molar-refractivity contribution is 7.22. The number of aryl methyl sites for hydroxylation is 2. The quantitative estimate of drug-likeness (QED) is 0.506. The SMILES string of the molecule is COc1ccc2nc(NC(=O)CCc3nc(-c4ccc(C)c(F)c4)no3)sc2c1. The average molecular weight is 412 g/mol. The average Bonchev–Trinajstić information content (AvgIpc) is 3.34. The lowest BCUT2D eigenvalue weighted by Gasteiger charge is -1.99. The zero-order chi connectivity index (χ0) is 20.4. The Labute approximate surface area is 169 Å². The van der Waals surface area contributed by atoms with Gasteiger partial charge in [0, 0.05) is 18.4 Å². The van der Waals surface area contributed by atoms with Gasteiger partial charge in [0.1, 0.15) is 11.6 Å². The summed E-state index contributed by atoms with van der Waals surface area (Å²) in [4.78, 5) is 20.9. The van der Waals surface area contributed by atoms with Gasteiger partial charge in [-0.3, -0.25) is 4.79 Å². The maximum Gasteiger partial charge on any atom is 0.227 e. The zero-order valence-electron chi connectivity index (χ0n) is 15.7. The fraction of sp³-hybridized carbons (Fsp3) is 0.200. The molecule has 2 aromatic heterocycles. The van der Waals surface area contributed by atoms with Crippen molar-refractivity contribution in [2.45, 2.75) is 19.8 Å². The van der Waals surface area contributed by atoms with Crippen molar-refractivity contribution < 1.29 is 18.4 Å². The molecule has 0 aliphatic carbocycles. The Morgan fingerprint density at radius 1 is 1.24 bits per heavy atom. The predicted octanol–water partition coefficient (Wildman–Crippen LogP) is 4.37. The highest BCUT2D eigenvalue weighted by Gasteiger charge is 2.13. The molecule has 0 unspecified atom stereocenters. The molecule has 0 bridgehead atoms. The minimum atomic E-state index is -0.332. The highest BCUT2D eigenvalue weighted by atomic mass is 32.1. The van der Waals surface area contributed by atoms with E-state index in [1.165, 1.54) is 17.4 Å². The normalized spacial score (nSPS) is 11.0. The van der Waals surface area contributed by atoms with Gasteiger partial charge >= 0.3 is 0 Å². The van der Waals surface area contributed by atoms with Crippen molar-refractivity contribution in [2.75, 3.05) is 12.4 Å². The Kier molecular flexibility index (Phi) is 5.22. The summed E-state index contributed by atoms with van der Waals surface area (Å²) in [7, 11) is 1.60. The number of carbonyl (C=O) groups excluding carboxylic acids is 1. The molecule has 29 heavy (non-hydrogen) atoms. The van der Waals surface area contributed by atoms with Crippen molar-refractivity contribution in [3.63, 3.8) is 0 Å². The number of halogens is 1. The Balaban J connectivity index is 1.37. The van der Waals surface area contributed by atoms with Crippen LogP contribution in [-0.4, -0.2) is 28.1 Å². The summed E-state index contributed by atoms with van der Waals surface area (Å²) >= 11 is 1.37. The lowest BCUT2D eigenvalue weighted by Crippen LogP contribution is -2.12. The molecule has 2 heterocycles. The second kappa shape index (κ2) is 7.96. The lowest BCUT2D eigenvalue weighted by molar-refractivity contribution is -0.116. The van der Waals surface area contributed by atoms with Crippen molar-refractivity contribution in [3.8, 4) is 17.1 Å². The molecular formula is C20H17FN4O3S. The van der Waals surface area contributed by atoms with Crippen LogP contribution >= 0.6 is 11.3 Å². The van der Waals surface area contributed by atoms with Crippen LogP contribution in [0.15, 0.2) is 40.9 Å². The number of amides is 1. The number of rotatable bonds is 6. The maximum atomic E-state index is 13.7. The molecule has 0 saturated carbocycles. The van der Waals surface area contributed by atoms with Gasteiger partial charge in [0.15, 0.2) is 5.13 Å². The number of nitrogens with one attached hydrogen (secondary N) is 1. The predicted molar refractivity (Wildman–Crippen MR) is 108 cm³/mol. The topological polar surface area (TPSA) is 90.1 Å². The summed E-state index contributed by atoms with van der Waals surface area (Å²) in [5.41, 5.74) is 1.86. The largest absolute Gasteiger partial charge is 0.497 e. The third-order valence-electron chi connectivity index (χ3n) is 4.31. The standard InChI is InChI=1S/C20H17FN4O3S/c1-11-3-4-12(9-14(11)21)19-24-18(28-25-19)8-7-17(26)23-20-22-15-6-5-13(27-2)10-16(15)29-20/h3-6,9-10H,7-8H2,1-2H3,(H,22,23,26). The maximum absolute atomic E-state index is 13.7. The summed E-state index contributed by atoms with van der Waals surface area (Å²) in [5.74, 6) is 0.795. The molecule has 1 amide bonds. The Morgan fingerprint density at radius 2 is 2.10 bits per heavy atom. The first-order valence-corrected chi connectivity index (χ1v) is 9.67. The number of ether oxygens (including phenoxy) is 1. The van der Waals surface area contributed by atoms with E-state index in [-0.39, 0.29) is 24.6 Å². The van der Waals surface area contributed by atoms with Crippen LogP contribution in [-0.2, 0) is 11.2 Å². The van der Waals surface area contributed by atoms with Crippen LogP contribution in [0.5, 0.6) is 5.75 Å². The molecule has 0 atom stereocenters. The number of fused-ring (bicyclic) bond motifs is 1. The van der Waals surface area contributed by atoms with E-state index in [9.17, 15) is 9.18 Å². The fourth-order valence-electron chi connectivity index (χ4n) is 2.69. The first kappa shape index (κ1) is 19.0. The molecular weight excluding hydrogens is 395 g/mol. The van der Waals surface area contributed by atoms with Crippen LogP contribution in [0.2, 0.25) is 0 Å². The zero-order valence-corrected chi connectivity index (χ0v) is 16.5. The van der Waals surface area contributed by atoms with Crippen LogP contribution in [0.4, 0.5) is 9.52 Å². The van der Waals surface area contributed by atoms with E-state index in [4.69, 9.17) is 9.26 Å². The van der Waals surface area contributed by atoms with Crippen molar-refractivity contribution in [2.24, 2.45) is 0 Å². The second-order valence-electron chi connectivity index (χ2n) is 6.38. The Hall–Kier alpha value is -3.33. The molecule has 2 aromatic carbocycles. The molecule has 148 valence electrons. The van der Waals surface area contributed by atoms with E-state index in [2.05, 4.69) is 20.4 Å². The number of carbonyl (C=O) groups is 1. The van der Waals surface area contributed by atoms with E-state index in [0.29, 0.717) is 28.0 Å². The van der Waals surface area contributed by atoms with Crippen LogP contribution in [0.25, 0.3) is 21.6 Å². The van der Waals surface area contributed by atoms with Crippen molar-refractivity contribution in [3.05, 3.63) is 53.7 Å². The van der Waals surface area contributed by atoms with E-state index in [1.54, 1.807) is 26.2 Å². The van der Waals surface area contributed by atoms with E-state index < -0.39 is 0 Å². The molecule has 0 aliphatic heterocycles. The third kappa shape index (κ3) is 4.24. The van der Waals surface area contributed by atoms with Gasteiger partial charge in [-0.2, -0.15) is 4.98 Å². The summed E-state index contributed by atoms with van der Waals surface area (Å²) in [6.07, 6.45) is 0.426. The van der Waals surface area contributed by atoms with Gasteiger partial charge in [0.25, 0.3) is 0 Å². The van der Waals surface area contributed by atoms with Gasteiger partial charge in [0.05, 0.1) is 17.3 Å². The Bertz CT molecular complexity index is 1190. The second-order valence-corrected chi connectivity index (χ2v) is 7.41.